The second kappa shape index (κ2) is 6.15. The molecule has 0 fully saturated rings. The van der Waals surface area contributed by atoms with Crippen molar-refractivity contribution in [3.8, 4) is 0 Å². The standard InChI is InChI=1S/C13H10O6/c14-10(6-3-7-11(15)13(18)19)8-4-1-2-5-9(8)12(16)17/h1-7,14H,(H,16,17)(H,18,19)/p-1/b7-3+,10-6+. The van der Waals surface area contributed by atoms with Gasteiger partial charge in [-0.2, -0.15) is 0 Å². The Balaban J connectivity index is 3.01. The quantitative estimate of drug-likeness (QED) is 0.341. The monoisotopic (exact) mass is 261 g/mol. The van der Waals surface area contributed by atoms with Gasteiger partial charge >= 0.3 is 11.9 Å². The lowest BCUT2D eigenvalue weighted by Crippen LogP contribution is -2.09. The van der Waals surface area contributed by atoms with Crippen molar-refractivity contribution in [2.75, 3.05) is 0 Å². The molecule has 0 aliphatic carbocycles. The first-order valence-corrected chi connectivity index (χ1v) is 5.09. The van der Waals surface area contributed by atoms with Crippen molar-refractivity contribution < 1.29 is 29.7 Å². The lowest BCUT2D eigenvalue weighted by Gasteiger charge is -2.13. The minimum Gasteiger partial charge on any atom is -0.872 e. The van der Waals surface area contributed by atoms with Crippen molar-refractivity contribution in [1.82, 2.24) is 0 Å². The Morgan fingerprint density at radius 1 is 1.05 bits per heavy atom. The van der Waals surface area contributed by atoms with Gasteiger partial charge in [-0.05, 0) is 17.7 Å². The minimum atomic E-state index is -1.64. The van der Waals surface area contributed by atoms with E-state index in [1.807, 2.05) is 0 Å². The summed E-state index contributed by atoms with van der Waals surface area (Å²) in [5.41, 5.74) is -0.205. The Hall–Kier alpha value is -2.89. The van der Waals surface area contributed by atoms with E-state index >= 15 is 0 Å². The summed E-state index contributed by atoms with van der Waals surface area (Å²) in [5.74, 6) is -4.69. The first-order valence-electron chi connectivity index (χ1n) is 5.09. The largest absolute Gasteiger partial charge is 0.872 e. The van der Waals surface area contributed by atoms with Crippen molar-refractivity contribution in [3.63, 3.8) is 0 Å². The highest BCUT2D eigenvalue weighted by atomic mass is 16.4. The number of carboxylic acid groups (broad SMARTS) is 2. The summed E-state index contributed by atoms with van der Waals surface area (Å²) in [6, 6.07) is 5.58. The summed E-state index contributed by atoms with van der Waals surface area (Å²) in [5, 5.41) is 28.9. The van der Waals surface area contributed by atoms with Crippen LogP contribution in [0, 0.1) is 0 Å². The van der Waals surface area contributed by atoms with Crippen LogP contribution >= 0.6 is 0 Å². The van der Waals surface area contributed by atoms with E-state index in [1.54, 1.807) is 0 Å². The molecular formula is C13H9O6-. The van der Waals surface area contributed by atoms with Crippen LogP contribution in [0.15, 0.2) is 42.5 Å². The van der Waals surface area contributed by atoms with Gasteiger partial charge in [-0.25, -0.2) is 9.59 Å². The second-order valence-electron chi connectivity index (χ2n) is 3.41. The Morgan fingerprint density at radius 2 is 1.63 bits per heavy atom. The summed E-state index contributed by atoms with van der Waals surface area (Å²) in [7, 11) is 0. The van der Waals surface area contributed by atoms with Crippen LogP contribution in [0.5, 0.6) is 0 Å². The van der Waals surface area contributed by atoms with E-state index in [9.17, 15) is 19.5 Å². The van der Waals surface area contributed by atoms with Crippen molar-refractivity contribution in [1.29, 1.82) is 0 Å². The number of rotatable bonds is 5. The average molecular weight is 261 g/mol. The number of hydrogen-bond donors (Lipinski definition) is 2. The van der Waals surface area contributed by atoms with Crippen molar-refractivity contribution >= 4 is 23.5 Å². The molecule has 1 aromatic rings. The van der Waals surface area contributed by atoms with Gasteiger partial charge in [0.2, 0.25) is 0 Å². The molecule has 0 aromatic heterocycles. The number of hydrogen-bond acceptors (Lipinski definition) is 4. The van der Waals surface area contributed by atoms with Gasteiger partial charge < -0.3 is 15.3 Å². The lowest BCUT2D eigenvalue weighted by molar-refractivity contribution is -0.243. The molecule has 0 saturated carbocycles. The smallest absolute Gasteiger partial charge is 0.376 e. The van der Waals surface area contributed by atoms with Gasteiger partial charge in [-0.1, -0.05) is 30.4 Å². The van der Waals surface area contributed by atoms with Crippen LogP contribution in [-0.2, 0) is 9.59 Å². The van der Waals surface area contributed by atoms with Gasteiger partial charge in [0, 0.05) is 0 Å². The van der Waals surface area contributed by atoms with Gasteiger partial charge in [0.05, 0.1) is 5.56 Å². The highest BCUT2D eigenvalue weighted by Crippen LogP contribution is 2.14. The number of aliphatic carboxylic acids is 1. The van der Waals surface area contributed by atoms with E-state index in [4.69, 9.17) is 10.2 Å². The van der Waals surface area contributed by atoms with Gasteiger partial charge in [0.15, 0.2) is 0 Å². The van der Waals surface area contributed by atoms with E-state index in [0.717, 1.165) is 12.2 Å². The summed E-state index contributed by atoms with van der Waals surface area (Å²) in [6.07, 6.45) is 2.61. The molecule has 0 bridgehead atoms. The van der Waals surface area contributed by atoms with Crippen LogP contribution in [0.25, 0.3) is 5.76 Å². The molecule has 98 valence electrons. The van der Waals surface area contributed by atoms with Gasteiger partial charge in [0.25, 0.3) is 5.78 Å². The SMILES string of the molecule is O=C(O)C(=O)/C=C/C=C(/[O-])c1ccccc1C(=O)O. The second-order valence-corrected chi connectivity index (χ2v) is 3.41. The topological polar surface area (TPSA) is 115 Å². The third-order valence-electron chi connectivity index (χ3n) is 2.13. The van der Waals surface area contributed by atoms with Gasteiger partial charge in [0.1, 0.15) is 0 Å². The number of benzene rings is 1. The minimum absolute atomic E-state index is 0.0394. The van der Waals surface area contributed by atoms with Gasteiger partial charge in [-0.3, -0.25) is 4.79 Å². The molecule has 0 saturated heterocycles. The number of ketones is 1. The molecule has 0 amide bonds. The Kier molecular flexibility index (Phi) is 4.59. The Bertz CT molecular complexity index is 583. The first-order chi connectivity index (χ1) is 8.93. The highest BCUT2D eigenvalue weighted by molar-refractivity contribution is 6.37. The molecular weight excluding hydrogens is 252 g/mol. The number of carbonyl (C=O) groups excluding carboxylic acids is 1. The zero-order valence-corrected chi connectivity index (χ0v) is 9.57. The number of carbonyl (C=O) groups is 3. The first kappa shape index (κ1) is 14.2. The zero-order chi connectivity index (χ0) is 14.4. The maximum atomic E-state index is 11.7. The van der Waals surface area contributed by atoms with Crippen molar-refractivity contribution in [2.45, 2.75) is 0 Å². The maximum absolute atomic E-state index is 11.7. The fraction of sp³-hybridized carbons (Fsp3) is 0. The van der Waals surface area contributed by atoms with Crippen LogP contribution in [0.3, 0.4) is 0 Å². The van der Waals surface area contributed by atoms with Crippen molar-refractivity contribution in [2.24, 2.45) is 0 Å². The summed E-state index contributed by atoms with van der Waals surface area (Å²) >= 11 is 0. The highest BCUT2D eigenvalue weighted by Gasteiger charge is 2.07. The molecule has 0 unspecified atom stereocenters. The summed E-state index contributed by atoms with van der Waals surface area (Å²) < 4.78 is 0. The zero-order valence-electron chi connectivity index (χ0n) is 9.57. The van der Waals surface area contributed by atoms with E-state index < -0.39 is 23.5 Å². The third kappa shape index (κ3) is 3.81. The molecule has 0 aliphatic rings. The molecule has 0 heterocycles. The molecule has 0 aliphatic heterocycles. The molecule has 19 heavy (non-hydrogen) atoms. The van der Waals surface area contributed by atoms with Gasteiger partial charge in [-0.15, -0.1) is 5.76 Å². The molecule has 6 heteroatoms. The van der Waals surface area contributed by atoms with E-state index in [-0.39, 0.29) is 11.1 Å². The average Bonchev–Trinajstić information content (AvgIpc) is 2.38. The number of carboxylic acids is 2. The summed E-state index contributed by atoms with van der Waals surface area (Å²) in [4.78, 5) is 31.8. The van der Waals surface area contributed by atoms with E-state index in [0.29, 0.717) is 6.08 Å². The Labute approximate surface area is 107 Å². The molecule has 1 aromatic carbocycles. The fourth-order valence-electron chi connectivity index (χ4n) is 1.27. The van der Waals surface area contributed by atoms with Crippen LogP contribution in [-0.4, -0.2) is 27.9 Å². The van der Waals surface area contributed by atoms with Crippen LogP contribution in [0.4, 0.5) is 0 Å². The molecule has 0 atom stereocenters. The third-order valence-corrected chi connectivity index (χ3v) is 2.13. The van der Waals surface area contributed by atoms with Crippen LogP contribution in [0.1, 0.15) is 15.9 Å². The van der Waals surface area contributed by atoms with Crippen LogP contribution in [0.2, 0.25) is 0 Å². The van der Waals surface area contributed by atoms with E-state index in [1.165, 1.54) is 24.3 Å². The molecule has 6 nitrogen and oxygen atoms in total. The number of aromatic carboxylic acids is 1. The number of allylic oxidation sites excluding steroid dienone is 2. The predicted octanol–water partition coefficient (Wildman–Crippen LogP) is 0.296. The van der Waals surface area contributed by atoms with Crippen LogP contribution < -0.4 is 5.11 Å². The molecule has 1 rings (SSSR count). The normalized spacial score (nSPS) is 11.5. The van der Waals surface area contributed by atoms with E-state index in [2.05, 4.69) is 0 Å². The molecule has 2 N–H and O–H groups in total. The summed E-state index contributed by atoms with van der Waals surface area (Å²) in [6.45, 7) is 0. The molecule has 0 radical (unpaired) electrons. The van der Waals surface area contributed by atoms with Crippen molar-refractivity contribution in [3.05, 3.63) is 53.6 Å². The maximum Gasteiger partial charge on any atom is 0.376 e. The molecule has 0 spiro atoms. The lowest BCUT2D eigenvalue weighted by atomic mass is 10.1. The Morgan fingerprint density at radius 3 is 2.16 bits per heavy atom. The fourth-order valence-corrected chi connectivity index (χ4v) is 1.27. The predicted molar refractivity (Wildman–Crippen MR) is 63.2 cm³/mol.